The second kappa shape index (κ2) is 5.67. The minimum atomic E-state index is -2.77. The Morgan fingerprint density at radius 3 is 2.69 bits per heavy atom. The van der Waals surface area contributed by atoms with Gasteiger partial charge in [-0.1, -0.05) is 15.9 Å². The van der Waals surface area contributed by atoms with Crippen molar-refractivity contribution in [2.75, 3.05) is 7.11 Å². The number of rotatable bonds is 3. The van der Waals surface area contributed by atoms with Gasteiger partial charge in [-0.05, 0) is 15.9 Å². The second-order valence-corrected chi connectivity index (χ2v) is 4.18. The van der Waals surface area contributed by atoms with Crippen LogP contribution in [0.5, 0.6) is 0 Å². The quantitative estimate of drug-likeness (QED) is 0.613. The third-order valence-corrected chi connectivity index (χ3v) is 3.05. The zero-order chi connectivity index (χ0) is 12.3. The van der Waals surface area contributed by atoms with Gasteiger partial charge < -0.3 is 4.74 Å². The lowest BCUT2D eigenvalue weighted by molar-refractivity contribution is 0.0587. The number of esters is 1. The zero-order valence-corrected chi connectivity index (χ0v) is 11.3. The van der Waals surface area contributed by atoms with Gasteiger partial charge in [-0.15, -0.1) is 0 Å². The molecule has 1 heterocycles. The van der Waals surface area contributed by atoms with Gasteiger partial charge in [0.05, 0.1) is 18.4 Å². The number of carbonyl (C=O) groups excluding carboxylic acids is 1. The molecule has 0 aliphatic heterocycles. The van der Waals surface area contributed by atoms with Crippen molar-refractivity contribution >= 4 is 37.8 Å². The smallest absolute Gasteiger partial charge is 0.340 e. The fraction of sp³-hybridized carbons (Fsp3) is 0.333. The Labute approximate surface area is 107 Å². The van der Waals surface area contributed by atoms with Crippen molar-refractivity contribution in [2.24, 2.45) is 0 Å². The molecule has 0 saturated heterocycles. The van der Waals surface area contributed by atoms with E-state index in [1.54, 1.807) is 0 Å². The van der Waals surface area contributed by atoms with Crippen LogP contribution in [0.15, 0.2) is 10.7 Å². The van der Waals surface area contributed by atoms with E-state index in [-0.39, 0.29) is 21.1 Å². The fourth-order valence-corrected chi connectivity index (χ4v) is 2.09. The molecule has 1 rings (SSSR count). The summed E-state index contributed by atoms with van der Waals surface area (Å²) in [5, 5.41) is 0.199. The molecule has 0 aliphatic rings. The lowest BCUT2D eigenvalue weighted by Gasteiger charge is -2.12. The number of alkyl halides is 3. The first-order valence-corrected chi connectivity index (χ1v) is 6.04. The summed E-state index contributed by atoms with van der Waals surface area (Å²) in [4.78, 5) is 15.3. The van der Waals surface area contributed by atoms with Crippen molar-refractivity contribution in [3.63, 3.8) is 0 Å². The molecule has 0 atom stereocenters. The highest BCUT2D eigenvalue weighted by molar-refractivity contribution is 9.10. The molecule has 0 aliphatic carbocycles. The van der Waals surface area contributed by atoms with Crippen molar-refractivity contribution in [1.82, 2.24) is 4.98 Å². The molecule has 0 fully saturated rings. The normalized spacial score (nSPS) is 10.6. The number of ether oxygens (including phenoxy) is 1. The summed E-state index contributed by atoms with van der Waals surface area (Å²) in [6.45, 7) is 0. The van der Waals surface area contributed by atoms with Crippen LogP contribution in [0.2, 0.25) is 0 Å². The summed E-state index contributed by atoms with van der Waals surface area (Å²) in [5.74, 6) is -0.821. The average Bonchev–Trinajstić information content (AvgIpc) is 2.27. The molecule has 0 N–H and O–H groups in total. The molecule has 1 aromatic heterocycles. The van der Waals surface area contributed by atoms with Crippen LogP contribution in [0.3, 0.4) is 0 Å². The van der Waals surface area contributed by atoms with E-state index in [4.69, 9.17) is 0 Å². The van der Waals surface area contributed by atoms with Crippen molar-refractivity contribution in [3.05, 3.63) is 27.5 Å². The highest BCUT2D eigenvalue weighted by Gasteiger charge is 2.25. The van der Waals surface area contributed by atoms with E-state index in [9.17, 15) is 13.6 Å². The second-order valence-electron chi connectivity index (χ2n) is 2.77. The average molecular weight is 359 g/mol. The number of carbonyl (C=O) groups is 1. The standard InChI is InChI=1S/C9H7Br2F2NO2/c1-16-9(15)7-5(2-10)14-3-4(11)6(7)8(12)13/h3,8H,2H2,1H3. The van der Waals surface area contributed by atoms with Crippen LogP contribution in [0.4, 0.5) is 8.78 Å². The maximum absolute atomic E-state index is 12.8. The van der Waals surface area contributed by atoms with Gasteiger partial charge in [-0.25, -0.2) is 13.6 Å². The zero-order valence-electron chi connectivity index (χ0n) is 8.14. The third kappa shape index (κ3) is 2.57. The molecule has 7 heteroatoms. The molecule has 1 aromatic rings. The van der Waals surface area contributed by atoms with Crippen LogP contribution in [-0.2, 0) is 10.1 Å². The maximum atomic E-state index is 12.8. The summed E-state index contributed by atoms with van der Waals surface area (Å²) >= 11 is 6.03. The third-order valence-electron chi connectivity index (χ3n) is 1.88. The molecule has 16 heavy (non-hydrogen) atoms. The molecule has 0 aromatic carbocycles. The highest BCUT2D eigenvalue weighted by atomic mass is 79.9. The Morgan fingerprint density at radius 1 is 1.62 bits per heavy atom. The van der Waals surface area contributed by atoms with E-state index in [1.807, 2.05) is 0 Å². The first-order valence-electron chi connectivity index (χ1n) is 4.12. The molecule has 0 amide bonds. The summed E-state index contributed by atoms with van der Waals surface area (Å²) in [5.41, 5.74) is -0.356. The molecule has 0 bridgehead atoms. The molecular formula is C9H7Br2F2NO2. The number of halogens is 4. The predicted molar refractivity (Wildman–Crippen MR) is 60.9 cm³/mol. The van der Waals surface area contributed by atoms with E-state index < -0.39 is 18.0 Å². The van der Waals surface area contributed by atoms with E-state index in [1.165, 1.54) is 6.20 Å². The van der Waals surface area contributed by atoms with E-state index >= 15 is 0 Å². The largest absolute Gasteiger partial charge is 0.465 e. The van der Waals surface area contributed by atoms with Crippen LogP contribution < -0.4 is 0 Å². The van der Waals surface area contributed by atoms with Crippen LogP contribution in [0, 0.1) is 0 Å². The van der Waals surface area contributed by atoms with E-state index in [2.05, 4.69) is 41.6 Å². The number of aromatic nitrogens is 1. The number of hydrogen-bond donors (Lipinski definition) is 0. The summed E-state index contributed by atoms with van der Waals surface area (Å²) in [7, 11) is 1.14. The van der Waals surface area contributed by atoms with Gasteiger partial charge in [0.25, 0.3) is 6.43 Å². The summed E-state index contributed by atoms with van der Waals surface area (Å²) in [6, 6.07) is 0. The Morgan fingerprint density at radius 2 is 2.25 bits per heavy atom. The van der Waals surface area contributed by atoms with Gasteiger partial charge in [0.15, 0.2) is 0 Å². The monoisotopic (exact) mass is 357 g/mol. The van der Waals surface area contributed by atoms with Crippen LogP contribution in [0.1, 0.15) is 28.0 Å². The lowest BCUT2D eigenvalue weighted by Crippen LogP contribution is -2.12. The topological polar surface area (TPSA) is 39.2 Å². The number of hydrogen-bond acceptors (Lipinski definition) is 3. The van der Waals surface area contributed by atoms with Crippen molar-refractivity contribution in [2.45, 2.75) is 11.8 Å². The van der Waals surface area contributed by atoms with E-state index in [0.29, 0.717) is 0 Å². The number of pyridine rings is 1. The van der Waals surface area contributed by atoms with Crippen LogP contribution >= 0.6 is 31.9 Å². The lowest BCUT2D eigenvalue weighted by atomic mass is 10.1. The van der Waals surface area contributed by atoms with E-state index in [0.717, 1.165) is 7.11 Å². The SMILES string of the molecule is COC(=O)c1c(CBr)ncc(Br)c1C(F)F. The molecule has 3 nitrogen and oxygen atoms in total. The van der Waals surface area contributed by atoms with Gasteiger partial charge in [-0.3, -0.25) is 4.98 Å². The summed E-state index contributed by atoms with van der Waals surface area (Å²) in [6.07, 6.45) is -1.53. The summed E-state index contributed by atoms with van der Waals surface area (Å²) < 4.78 is 30.2. The van der Waals surface area contributed by atoms with Crippen LogP contribution in [-0.4, -0.2) is 18.1 Å². The van der Waals surface area contributed by atoms with Crippen molar-refractivity contribution in [1.29, 1.82) is 0 Å². The van der Waals surface area contributed by atoms with Gasteiger partial charge in [0, 0.05) is 21.6 Å². The molecule has 0 unspecified atom stereocenters. The molecule has 0 spiro atoms. The Bertz CT molecular complexity index is 413. The minimum absolute atomic E-state index is 0.0904. The molecule has 0 saturated carbocycles. The maximum Gasteiger partial charge on any atom is 0.340 e. The first-order chi connectivity index (χ1) is 7.52. The molecule has 0 radical (unpaired) electrons. The molecular weight excluding hydrogens is 352 g/mol. The fourth-order valence-electron chi connectivity index (χ4n) is 1.19. The van der Waals surface area contributed by atoms with Gasteiger partial charge in [-0.2, -0.15) is 0 Å². The number of nitrogens with zero attached hydrogens (tertiary/aromatic N) is 1. The first kappa shape index (κ1) is 13.5. The van der Waals surface area contributed by atoms with Crippen molar-refractivity contribution < 1.29 is 18.3 Å². The Hall–Kier alpha value is -0.560. The Kier molecular flexibility index (Phi) is 4.79. The predicted octanol–water partition coefficient (Wildman–Crippen LogP) is 3.46. The minimum Gasteiger partial charge on any atom is -0.465 e. The highest BCUT2D eigenvalue weighted by Crippen LogP contribution is 2.32. The van der Waals surface area contributed by atoms with Gasteiger partial charge in [0.1, 0.15) is 0 Å². The number of methoxy groups -OCH3 is 1. The van der Waals surface area contributed by atoms with Crippen LogP contribution in [0.25, 0.3) is 0 Å². The Balaban J connectivity index is 3.48. The molecule has 88 valence electrons. The van der Waals surface area contributed by atoms with Crippen molar-refractivity contribution in [3.8, 4) is 0 Å². The van der Waals surface area contributed by atoms with Gasteiger partial charge in [0.2, 0.25) is 0 Å². The van der Waals surface area contributed by atoms with Gasteiger partial charge >= 0.3 is 5.97 Å².